The summed E-state index contributed by atoms with van der Waals surface area (Å²) in [5.74, 6) is 0. The maximum absolute atomic E-state index is 9.98. The summed E-state index contributed by atoms with van der Waals surface area (Å²) < 4.78 is 0. The van der Waals surface area contributed by atoms with Crippen LogP contribution in [0.2, 0.25) is 6.82 Å². The van der Waals surface area contributed by atoms with E-state index >= 15 is 0 Å². The van der Waals surface area contributed by atoms with Gasteiger partial charge in [0.2, 0.25) is 0 Å². The van der Waals surface area contributed by atoms with Gasteiger partial charge in [-0.2, -0.15) is 0 Å². The van der Waals surface area contributed by atoms with Gasteiger partial charge < -0.3 is 9.83 Å². The van der Waals surface area contributed by atoms with Crippen LogP contribution in [-0.4, -0.2) is 40.9 Å². The van der Waals surface area contributed by atoms with Crippen molar-refractivity contribution in [3.63, 3.8) is 0 Å². The first kappa shape index (κ1) is 16.6. The van der Waals surface area contributed by atoms with Crippen LogP contribution >= 0.6 is 0 Å². The Balaban J connectivity index is 1.49. The van der Waals surface area contributed by atoms with Gasteiger partial charge in [0.25, 0.3) is 0 Å². The normalized spacial score (nSPS) is 29.9. The Kier molecular flexibility index (Phi) is 3.79. The average Bonchev–Trinajstić information content (AvgIpc) is 3.38. The van der Waals surface area contributed by atoms with Crippen molar-refractivity contribution >= 4 is 7.05 Å². The third kappa shape index (κ3) is 2.25. The zero-order chi connectivity index (χ0) is 17.9. The molecule has 0 saturated carbocycles. The predicted octanol–water partition coefficient (Wildman–Crippen LogP) is 3.63. The van der Waals surface area contributed by atoms with E-state index in [9.17, 15) is 5.02 Å². The molecule has 2 fully saturated rings. The maximum atomic E-state index is 9.98. The predicted molar refractivity (Wildman–Crippen MR) is 106 cm³/mol. The molecule has 4 heteroatoms. The van der Waals surface area contributed by atoms with Gasteiger partial charge in [-0.15, -0.1) is 0 Å². The van der Waals surface area contributed by atoms with E-state index in [-0.39, 0.29) is 12.5 Å². The zero-order valence-electron chi connectivity index (χ0n) is 15.7. The first-order valence-electron chi connectivity index (χ1n) is 9.97. The lowest BCUT2D eigenvalue weighted by atomic mass is 9.69. The Morgan fingerprint density at radius 3 is 2.38 bits per heavy atom. The van der Waals surface area contributed by atoms with Gasteiger partial charge in [0.1, 0.15) is 0 Å². The van der Waals surface area contributed by atoms with Crippen LogP contribution in [0.5, 0.6) is 0 Å². The molecule has 3 aliphatic rings. The number of rotatable bonds is 3. The highest BCUT2D eigenvalue weighted by Crippen LogP contribution is 2.66. The molecule has 2 saturated heterocycles. The first-order chi connectivity index (χ1) is 12.6. The fraction of sp³-hybridized carbons (Fsp3) is 0.455. The molecule has 0 bridgehead atoms. The van der Waals surface area contributed by atoms with E-state index in [0.29, 0.717) is 18.1 Å². The molecule has 2 aromatic rings. The van der Waals surface area contributed by atoms with Crippen molar-refractivity contribution in [2.24, 2.45) is 0 Å². The van der Waals surface area contributed by atoms with Crippen LogP contribution in [0, 0.1) is 0 Å². The first-order valence-corrected chi connectivity index (χ1v) is 9.97. The minimum Gasteiger partial charge on any atom is -0.437 e. The van der Waals surface area contributed by atoms with E-state index in [1.54, 1.807) is 11.1 Å². The van der Waals surface area contributed by atoms with E-state index in [2.05, 4.69) is 71.2 Å². The van der Waals surface area contributed by atoms with Gasteiger partial charge >= 0.3 is 7.05 Å². The summed E-state index contributed by atoms with van der Waals surface area (Å²) in [7, 11) is -0.335. The third-order valence-electron chi connectivity index (χ3n) is 7.18. The van der Waals surface area contributed by atoms with Crippen molar-refractivity contribution in [2.45, 2.75) is 50.1 Å². The molecule has 134 valence electrons. The average molecular weight is 346 g/mol. The maximum Gasteiger partial charge on any atom is 0.376 e. The summed E-state index contributed by atoms with van der Waals surface area (Å²) in [6, 6.07) is 21.7. The number of hydrogen-bond acceptors (Lipinski definition) is 3. The SMILES string of the molecule is CB(O)N1CCC2(CC1)c1ccccc1[C@@H]1[C@H]2N1[C@@H](C)c1ccccc1. The summed E-state index contributed by atoms with van der Waals surface area (Å²) >= 11 is 0. The molecule has 1 unspecified atom stereocenters. The molecule has 0 aromatic heterocycles. The standard InChI is InChI=1S/C22H27BN2O/c1-16(17-8-4-3-5-9-17)25-20-18-10-6-7-11-19(18)22(21(20)25)12-14-24(15-13-22)23(2)26/h3-11,16,20-21,26H,12-15H2,1-2H3/t16-,20+,21+,25?/m0/s1. The van der Waals surface area contributed by atoms with Gasteiger partial charge in [-0.3, -0.25) is 4.90 Å². The van der Waals surface area contributed by atoms with E-state index in [4.69, 9.17) is 0 Å². The second-order valence-electron chi connectivity index (χ2n) is 8.33. The van der Waals surface area contributed by atoms with Crippen molar-refractivity contribution in [1.29, 1.82) is 0 Å². The van der Waals surface area contributed by atoms with E-state index in [0.717, 1.165) is 25.9 Å². The van der Waals surface area contributed by atoms with E-state index in [1.807, 2.05) is 6.82 Å². The van der Waals surface area contributed by atoms with Crippen LogP contribution in [0.25, 0.3) is 0 Å². The van der Waals surface area contributed by atoms with Crippen molar-refractivity contribution < 1.29 is 5.02 Å². The number of nitrogens with zero attached hydrogens (tertiary/aromatic N) is 2. The highest BCUT2D eigenvalue weighted by molar-refractivity contribution is 6.45. The van der Waals surface area contributed by atoms with Crippen molar-refractivity contribution in [3.05, 3.63) is 71.3 Å². The second-order valence-corrected chi connectivity index (χ2v) is 8.33. The minimum atomic E-state index is -0.335. The van der Waals surface area contributed by atoms with Crippen LogP contribution in [-0.2, 0) is 5.41 Å². The lowest BCUT2D eigenvalue weighted by Gasteiger charge is -2.43. The summed E-state index contributed by atoms with van der Waals surface area (Å²) in [5, 5.41) is 9.98. The van der Waals surface area contributed by atoms with Gasteiger partial charge in [0.05, 0.1) is 6.04 Å². The van der Waals surface area contributed by atoms with Crippen LogP contribution in [0.3, 0.4) is 0 Å². The monoisotopic (exact) mass is 346 g/mol. The molecule has 0 amide bonds. The second kappa shape index (κ2) is 5.95. The Labute approximate surface area is 156 Å². The zero-order valence-corrected chi connectivity index (χ0v) is 15.7. The fourth-order valence-corrected chi connectivity index (χ4v) is 5.78. The number of piperidine rings is 1. The molecule has 26 heavy (non-hydrogen) atoms. The minimum absolute atomic E-state index is 0.260. The van der Waals surface area contributed by atoms with Crippen LogP contribution < -0.4 is 0 Å². The summed E-state index contributed by atoms with van der Waals surface area (Å²) in [6.07, 6.45) is 2.29. The third-order valence-corrected chi connectivity index (χ3v) is 7.18. The van der Waals surface area contributed by atoms with Gasteiger partial charge in [-0.25, -0.2) is 0 Å². The molecular weight excluding hydrogens is 319 g/mol. The molecule has 1 N–H and O–H groups in total. The van der Waals surface area contributed by atoms with Crippen LogP contribution in [0.1, 0.15) is 48.5 Å². The molecule has 1 aliphatic carbocycles. The molecule has 2 aromatic carbocycles. The topological polar surface area (TPSA) is 26.5 Å². The number of fused-ring (bicyclic) bond motifs is 5. The molecular formula is C22H27BN2O. The smallest absolute Gasteiger partial charge is 0.376 e. The number of benzene rings is 2. The Bertz CT molecular complexity index is 801. The quantitative estimate of drug-likeness (QED) is 0.679. The van der Waals surface area contributed by atoms with Gasteiger partial charge in [-0.1, -0.05) is 54.6 Å². The van der Waals surface area contributed by atoms with E-state index in [1.165, 1.54) is 5.56 Å². The molecule has 2 heterocycles. The van der Waals surface area contributed by atoms with Crippen LogP contribution in [0.15, 0.2) is 54.6 Å². The number of hydrogen-bond donors (Lipinski definition) is 1. The molecule has 5 rings (SSSR count). The lowest BCUT2D eigenvalue weighted by Crippen LogP contribution is -2.50. The highest BCUT2D eigenvalue weighted by atomic mass is 16.2. The molecule has 0 radical (unpaired) electrons. The molecule has 3 nitrogen and oxygen atoms in total. The Hall–Kier alpha value is -1.62. The molecule has 1 spiro atoms. The van der Waals surface area contributed by atoms with Crippen molar-refractivity contribution in [3.8, 4) is 0 Å². The molecule has 4 atom stereocenters. The van der Waals surface area contributed by atoms with Crippen LogP contribution in [0.4, 0.5) is 0 Å². The fourth-order valence-electron chi connectivity index (χ4n) is 5.78. The Morgan fingerprint density at radius 1 is 1.04 bits per heavy atom. The van der Waals surface area contributed by atoms with Gasteiger partial charge in [0, 0.05) is 17.5 Å². The Morgan fingerprint density at radius 2 is 1.69 bits per heavy atom. The summed E-state index contributed by atoms with van der Waals surface area (Å²) in [4.78, 5) is 4.95. The molecule has 2 aliphatic heterocycles. The highest BCUT2D eigenvalue weighted by Gasteiger charge is 2.67. The summed E-state index contributed by atoms with van der Waals surface area (Å²) in [6.45, 7) is 6.23. The lowest BCUT2D eigenvalue weighted by molar-refractivity contribution is 0.186. The van der Waals surface area contributed by atoms with E-state index < -0.39 is 0 Å². The summed E-state index contributed by atoms with van der Waals surface area (Å²) in [5.41, 5.74) is 4.80. The van der Waals surface area contributed by atoms with Gasteiger partial charge in [0.15, 0.2) is 0 Å². The van der Waals surface area contributed by atoms with Gasteiger partial charge in [-0.05, 0) is 56.4 Å². The largest absolute Gasteiger partial charge is 0.437 e. The van der Waals surface area contributed by atoms with Crippen molar-refractivity contribution in [2.75, 3.05) is 13.1 Å². The van der Waals surface area contributed by atoms with Crippen molar-refractivity contribution in [1.82, 2.24) is 9.71 Å².